The normalized spacial score (nSPS) is 11.2. The molecule has 0 radical (unpaired) electrons. The molecule has 0 bridgehead atoms. The zero-order valence-electron chi connectivity index (χ0n) is 15.2. The molecule has 0 aliphatic rings. The molecule has 0 aliphatic heterocycles. The van der Waals surface area contributed by atoms with E-state index in [1.54, 1.807) is 36.4 Å². The minimum Gasteiger partial charge on any atom is -0.493 e. The molecule has 0 aromatic heterocycles. The second-order valence-corrected chi connectivity index (χ2v) is 5.79. The van der Waals surface area contributed by atoms with E-state index in [0.29, 0.717) is 17.1 Å². The maximum Gasteiger partial charge on any atom is 0.310 e. The van der Waals surface area contributed by atoms with Crippen molar-refractivity contribution in [3.8, 4) is 5.75 Å². The minimum absolute atomic E-state index is 0.0396. The molecule has 0 aliphatic carbocycles. The predicted octanol–water partition coefficient (Wildman–Crippen LogP) is 2.98. The van der Waals surface area contributed by atoms with Crippen LogP contribution in [0.3, 0.4) is 0 Å². The number of nitrogens with one attached hydrogen (secondary N) is 2. The number of benzene rings is 2. The fraction of sp³-hybridized carbons (Fsp3) is 0.250. The first kappa shape index (κ1) is 20.0. The smallest absolute Gasteiger partial charge is 0.310 e. The molecule has 2 amide bonds. The van der Waals surface area contributed by atoms with Gasteiger partial charge in [0.2, 0.25) is 5.91 Å². The summed E-state index contributed by atoms with van der Waals surface area (Å²) in [6, 6.07) is 15.7. The van der Waals surface area contributed by atoms with Crippen molar-refractivity contribution in [3.63, 3.8) is 0 Å². The van der Waals surface area contributed by atoms with Crippen LogP contribution in [0.25, 0.3) is 0 Å². The van der Waals surface area contributed by atoms with Gasteiger partial charge in [-0.15, -0.1) is 0 Å². The highest BCUT2D eigenvalue weighted by Gasteiger charge is 2.18. The van der Waals surface area contributed by atoms with Crippen LogP contribution in [0.1, 0.15) is 20.3 Å². The summed E-state index contributed by atoms with van der Waals surface area (Å²) < 4.78 is 10.5. The maximum absolute atomic E-state index is 12.1. The van der Waals surface area contributed by atoms with Crippen molar-refractivity contribution in [2.75, 3.05) is 17.2 Å². The quantitative estimate of drug-likeness (QED) is 0.697. The van der Waals surface area contributed by atoms with Gasteiger partial charge in [-0.3, -0.25) is 14.4 Å². The average molecular weight is 370 g/mol. The monoisotopic (exact) mass is 370 g/mol. The third kappa shape index (κ3) is 7.19. The van der Waals surface area contributed by atoms with Crippen molar-refractivity contribution in [2.24, 2.45) is 0 Å². The van der Waals surface area contributed by atoms with Crippen LogP contribution in [-0.4, -0.2) is 30.5 Å². The number of hydrogen-bond acceptors (Lipinski definition) is 5. The van der Waals surface area contributed by atoms with Crippen molar-refractivity contribution in [3.05, 3.63) is 54.6 Å². The van der Waals surface area contributed by atoms with Gasteiger partial charge in [0.15, 0.2) is 6.10 Å². The lowest BCUT2D eigenvalue weighted by Gasteiger charge is -2.14. The van der Waals surface area contributed by atoms with E-state index >= 15 is 0 Å². The molecule has 0 saturated heterocycles. The van der Waals surface area contributed by atoms with Gasteiger partial charge in [-0.1, -0.05) is 18.2 Å². The first-order valence-electron chi connectivity index (χ1n) is 8.50. The number of esters is 1. The van der Waals surface area contributed by atoms with Gasteiger partial charge in [0, 0.05) is 18.3 Å². The van der Waals surface area contributed by atoms with Gasteiger partial charge in [-0.25, -0.2) is 0 Å². The van der Waals surface area contributed by atoms with Crippen LogP contribution in [0.4, 0.5) is 11.4 Å². The largest absolute Gasteiger partial charge is 0.493 e. The standard InChI is InChI=1S/C20H22N2O5/c1-14(27-19(24)12-13-26-18-6-4-3-5-7-18)20(25)22-17-10-8-16(9-11-17)21-15(2)23/h3-11,14H,12-13H2,1-2H3,(H,21,23)(H,22,25). The lowest BCUT2D eigenvalue weighted by molar-refractivity contribution is -0.153. The number of carbonyl (C=O) groups is 3. The highest BCUT2D eigenvalue weighted by atomic mass is 16.5. The molecule has 7 heteroatoms. The van der Waals surface area contributed by atoms with E-state index < -0.39 is 18.0 Å². The number of anilines is 2. The van der Waals surface area contributed by atoms with Crippen molar-refractivity contribution in [1.82, 2.24) is 0 Å². The van der Waals surface area contributed by atoms with Gasteiger partial charge in [-0.05, 0) is 43.3 Å². The maximum atomic E-state index is 12.1. The first-order chi connectivity index (χ1) is 12.9. The Morgan fingerprint density at radius 2 is 1.52 bits per heavy atom. The summed E-state index contributed by atoms with van der Waals surface area (Å²) in [5.74, 6) is -0.475. The van der Waals surface area contributed by atoms with Crippen molar-refractivity contribution >= 4 is 29.2 Å². The third-order valence-electron chi connectivity index (χ3n) is 3.47. The van der Waals surface area contributed by atoms with Crippen LogP contribution in [0.2, 0.25) is 0 Å². The molecular weight excluding hydrogens is 348 g/mol. The first-order valence-corrected chi connectivity index (χ1v) is 8.50. The Balaban J connectivity index is 1.74. The molecule has 0 heterocycles. The lowest BCUT2D eigenvalue weighted by atomic mass is 10.2. The number of para-hydroxylation sites is 1. The number of carbonyl (C=O) groups excluding carboxylic acids is 3. The Morgan fingerprint density at radius 1 is 0.926 bits per heavy atom. The van der Waals surface area contributed by atoms with Crippen molar-refractivity contribution in [1.29, 1.82) is 0 Å². The van der Waals surface area contributed by atoms with Gasteiger partial charge < -0.3 is 20.1 Å². The van der Waals surface area contributed by atoms with Crippen molar-refractivity contribution < 1.29 is 23.9 Å². The Labute approximate surface area is 157 Å². The zero-order valence-corrected chi connectivity index (χ0v) is 15.2. The predicted molar refractivity (Wildman–Crippen MR) is 101 cm³/mol. The Bertz CT molecular complexity index is 775. The van der Waals surface area contributed by atoms with E-state index in [-0.39, 0.29) is 18.9 Å². The summed E-state index contributed by atoms with van der Waals surface area (Å²) in [4.78, 5) is 34.9. The summed E-state index contributed by atoms with van der Waals surface area (Å²) in [6.45, 7) is 3.08. The number of amides is 2. The van der Waals surface area contributed by atoms with E-state index in [1.807, 2.05) is 18.2 Å². The van der Waals surface area contributed by atoms with Crippen molar-refractivity contribution in [2.45, 2.75) is 26.4 Å². The van der Waals surface area contributed by atoms with Gasteiger partial charge in [0.25, 0.3) is 5.91 Å². The second kappa shape index (κ2) is 9.96. The average Bonchev–Trinajstić information content (AvgIpc) is 2.63. The van der Waals surface area contributed by atoms with E-state index in [0.717, 1.165) is 0 Å². The van der Waals surface area contributed by atoms with E-state index in [4.69, 9.17) is 9.47 Å². The Morgan fingerprint density at radius 3 is 2.11 bits per heavy atom. The third-order valence-corrected chi connectivity index (χ3v) is 3.47. The molecule has 1 unspecified atom stereocenters. The molecule has 2 N–H and O–H groups in total. The second-order valence-electron chi connectivity index (χ2n) is 5.79. The van der Waals surface area contributed by atoms with E-state index in [9.17, 15) is 14.4 Å². The molecular formula is C20H22N2O5. The summed E-state index contributed by atoms with van der Waals surface area (Å²) in [6.07, 6.45) is -0.901. The Kier molecular flexibility index (Phi) is 7.37. The van der Waals surface area contributed by atoms with Crippen LogP contribution in [0.5, 0.6) is 5.75 Å². The summed E-state index contributed by atoms with van der Waals surface area (Å²) >= 11 is 0. The van der Waals surface area contributed by atoms with E-state index in [2.05, 4.69) is 10.6 Å². The fourth-order valence-electron chi connectivity index (χ4n) is 2.16. The number of hydrogen-bond donors (Lipinski definition) is 2. The summed E-state index contributed by atoms with van der Waals surface area (Å²) in [5.41, 5.74) is 1.16. The van der Waals surface area contributed by atoms with Crippen LogP contribution < -0.4 is 15.4 Å². The Hall–Kier alpha value is -3.35. The molecule has 27 heavy (non-hydrogen) atoms. The van der Waals surface area contributed by atoms with Gasteiger partial charge in [-0.2, -0.15) is 0 Å². The minimum atomic E-state index is -0.941. The van der Waals surface area contributed by atoms with Gasteiger partial charge in [0.1, 0.15) is 5.75 Å². The van der Waals surface area contributed by atoms with Crippen LogP contribution >= 0.6 is 0 Å². The lowest BCUT2D eigenvalue weighted by Crippen LogP contribution is -2.30. The molecule has 7 nitrogen and oxygen atoms in total. The highest BCUT2D eigenvalue weighted by Crippen LogP contribution is 2.14. The topological polar surface area (TPSA) is 93.7 Å². The van der Waals surface area contributed by atoms with Crippen LogP contribution in [0, 0.1) is 0 Å². The molecule has 0 spiro atoms. The zero-order chi connectivity index (χ0) is 19.6. The molecule has 142 valence electrons. The number of ether oxygens (including phenoxy) is 2. The SMILES string of the molecule is CC(=O)Nc1ccc(NC(=O)C(C)OC(=O)CCOc2ccccc2)cc1. The molecule has 0 fully saturated rings. The van der Waals surface area contributed by atoms with E-state index in [1.165, 1.54) is 13.8 Å². The van der Waals surface area contributed by atoms with Crippen LogP contribution in [0.15, 0.2) is 54.6 Å². The fourth-order valence-corrected chi connectivity index (χ4v) is 2.16. The molecule has 1 atom stereocenters. The van der Waals surface area contributed by atoms with Crippen LogP contribution in [-0.2, 0) is 19.1 Å². The van der Waals surface area contributed by atoms with Gasteiger partial charge >= 0.3 is 5.97 Å². The summed E-state index contributed by atoms with van der Waals surface area (Å²) in [7, 11) is 0. The molecule has 2 rings (SSSR count). The molecule has 2 aromatic carbocycles. The molecule has 0 saturated carbocycles. The highest BCUT2D eigenvalue weighted by molar-refractivity contribution is 5.95. The van der Waals surface area contributed by atoms with Gasteiger partial charge in [0.05, 0.1) is 13.0 Å². The summed E-state index contributed by atoms with van der Waals surface area (Å²) in [5, 5.41) is 5.28. The number of rotatable bonds is 8. The molecule has 2 aromatic rings.